The number of terminal acetylenes is 1. The molecule has 0 bridgehead atoms. The second kappa shape index (κ2) is 9.92. The summed E-state index contributed by atoms with van der Waals surface area (Å²) in [4.78, 5) is 36.4. The maximum Gasteiger partial charge on any atom is 0.407 e. The van der Waals surface area contributed by atoms with Gasteiger partial charge in [0.15, 0.2) is 0 Å². The molecular formula is C27H22N2O5. The first-order chi connectivity index (χ1) is 16.5. The predicted molar refractivity (Wildman–Crippen MR) is 127 cm³/mol. The monoisotopic (exact) mass is 454 g/mol. The van der Waals surface area contributed by atoms with Crippen molar-refractivity contribution in [3.63, 3.8) is 0 Å². The predicted octanol–water partition coefficient (Wildman–Crippen LogP) is 4.25. The Labute approximate surface area is 196 Å². The van der Waals surface area contributed by atoms with Crippen LogP contribution in [0.25, 0.3) is 11.1 Å². The van der Waals surface area contributed by atoms with Crippen LogP contribution in [0.1, 0.15) is 33.8 Å². The molecule has 0 radical (unpaired) electrons. The van der Waals surface area contributed by atoms with Crippen LogP contribution in [0.3, 0.4) is 0 Å². The van der Waals surface area contributed by atoms with Gasteiger partial charge < -0.3 is 20.5 Å². The number of hydrogen-bond acceptors (Lipinski definition) is 4. The van der Waals surface area contributed by atoms with Crippen LogP contribution in [-0.4, -0.2) is 35.7 Å². The van der Waals surface area contributed by atoms with Crippen LogP contribution in [0, 0.1) is 12.3 Å². The number of amides is 2. The van der Waals surface area contributed by atoms with E-state index in [9.17, 15) is 14.4 Å². The van der Waals surface area contributed by atoms with Gasteiger partial charge in [-0.2, -0.15) is 0 Å². The molecule has 0 heterocycles. The van der Waals surface area contributed by atoms with E-state index >= 15 is 0 Å². The van der Waals surface area contributed by atoms with E-state index in [-0.39, 0.29) is 30.2 Å². The summed E-state index contributed by atoms with van der Waals surface area (Å²) in [6, 6.07) is 20.7. The molecule has 7 nitrogen and oxygen atoms in total. The molecule has 0 aliphatic heterocycles. The van der Waals surface area contributed by atoms with E-state index in [4.69, 9.17) is 16.3 Å². The summed E-state index contributed by atoms with van der Waals surface area (Å²) in [7, 11) is 0. The van der Waals surface area contributed by atoms with Gasteiger partial charge in [0, 0.05) is 18.0 Å². The highest BCUT2D eigenvalue weighted by molar-refractivity contribution is 5.98. The summed E-state index contributed by atoms with van der Waals surface area (Å²) in [5.74, 6) is 0.561. The number of anilines is 1. The number of carbonyl (C=O) groups is 3. The average molecular weight is 454 g/mol. The molecule has 0 spiro atoms. The molecule has 7 heteroatoms. The number of carboxylic acid groups (broad SMARTS) is 1. The van der Waals surface area contributed by atoms with Crippen LogP contribution < -0.4 is 10.6 Å². The van der Waals surface area contributed by atoms with Gasteiger partial charge in [-0.3, -0.25) is 4.79 Å². The topological polar surface area (TPSA) is 105 Å². The molecule has 170 valence electrons. The molecule has 0 fully saturated rings. The third kappa shape index (κ3) is 4.76. The van der Waals surface area contributed by atoms with Crippen LogP contribution in [-0.2, 0) is 9.53 Å². The molecule has 0 saturated heterocycles. The van der Waals surface area contributed by atoms with Gasteiger partial charge in [-0.1, -0.05) is 54.6 Å². The Morgan fingerprint density at radius 2 is 1.62 bits per heavy atom. The molecule has 34 heavy (non-hydrogen) atoms. The lowest BCUT2D eigenvalue weighted by atomic mass is 9.98. The zero-order valence-corrected chi connectivity index (χ0v) is 18.2. The van der Waals surface area contributed by atoms with Crippen LogP contribution >= 0.6 is 0 Å². The molecule has 0 aromatic heterocycles. The number of alkyl carbamates (subject to hydrolysis) is 1. The van der Waals surface area contributed by atoms with Crippen LogP contribution in [0.4, 0.5) is 10.5 Å². The third-order valence-electron chi connectivity index (χ3n) is 5.65. The van der Waals surface area contributed by atoms with Crippen molar-refractivity contribution in [1.29, 1.82) is 0 Å². The van der Waals surface area contributed by atoms with Crippen molar-refractivity contribution < 1.29 is 24.2 Å². The maximum atomic E-state index is 12.7. The summed E-state index contributed by atoms with van der Waals surface area (Å²) < 4.78 is 5.49. The summed E-state index contributed by atoms with van der Waals surface area (Å²) in [5, 5.41) is 14.2. The van der Waals surface area contributed by atoms with Crippen LogP contribution in [0.15, 0.2) is 72.8 Å². The lowest BCUT2D eigenvalue weighted by Gasteiger charge is -2.18. The Morgan fingerprint density at radius 1 is 0.971 bits per heavy atom. The Morgan fingerprint density at radius 3 is 2.24 bits per heavy atom. The highest BCUT2D eigenvalue weighted by Crippen LogP contribution is 2.44. The standard InChI is InChI=1S/C27H22N2O5/c1-2-8-24(25(30)28-18-10-7-9-17(15-18)26(31)32)29-27(33)34-16-23-21-13-5-3-11-19(21)20-12-4-6-14-22(20)23/h1,3-7,9-15,23-24H,8,16H2,(H,28,30)(H,29,33)(H,31,32). The number of rotatable bonds is 7. The summed E-state index contributed by atoms with van der Waals surface area (Å²) in [6.45, 7) is 0.102. The van der Waals surface area contributed by atoms with Gasteiger partial charge >= 0.3 is 12.1 Å². The fraction of sp³-hybridized carbons (Fsp3) is 0.148. The lowest BCUT2D eigenvalue weighted by molar-refractivity contribution is -0.118. The van der Waals surface area contributed by atoms with E-state index in [1.165, 1.54) is 18.2 Å². The molecule has 1 aliphatic carbocycles. The lowest BCUT2D eigenvalue weighted by Crippen LogP contribution is -2.44. The molecule has 0 saturated carbocycles. The molecule has 2 amide bonds. The minimum absolute atomic E-state index is 0.0239. The van der Waals surface area contributed by atoms with E-state index < -0.39 is 24.0 Å². The van der Waals surface area contributed by atoms with E-state index in [1.54, 1.807) is 6.07 Å². The van der Waals surface area contributed by atoms with Crippen LogP contribution in [0.5, 0.6) is 0 Å². The number of aromatic carboxylic acids is 1. The molecule has 1 atom stereocenters. The number of benzene rings is 3. The molecule has 3 aromatic rings. The smallest absolute Gasteiger partial charge is 0.407 e. The molecule has 1 aliphatic rings. The third-order valence-corrected chi connectivity index (χ3v) is 5.65. The first-order valence-corrected chi connectivity index (χ1v) is 10.7. The van der Waals surface area contributed by atoms with E-state index in [2.05, 4.69) is 16.6 Å². The molecule has 1 unspecified atom stereocenters. The Hall–Kier alpha value is -4.57. The Bertz CT molecular complexity index is 1250. The minimum atomic E-state index is -1.12. The van der Waals surface area contributed by atoms with Crippen molar-refractivity contribution in [1.82, 2.24) is 5.32 Å². The quantitative estimate of drug-likeness (QED) is 0.463. The second-order valence-corrected chi connectivity index (χ2v) is 7.81. The number of ether oxygens (including phenoxy) is 1. The zero-order valence-electron chi connectivity index (χ0n) is 18.2. The zero-order chi connectivity index (χ0) is 24.1. The molecular weight excluding hydrogens is 432 g/mol. The molecule has 3 aromatic carbocycles. The molecule has 3 N–H and O–H groups in total. The van der Waals surface area contributed by atoms with E-state index in [1.807, 2.05) is 48.5 Å². The minimum Gasteiger partial charge on any atom is -0.478 e. The van der Waals surface area contributed by atoms with Crippen molar-refractivity contribution >= 4 is 23.7 Å². The number of nitrogens with one attached hydrogen (secondary N) is 2. The number of carbonyl (C=O) groups excluding carboxylic acids is 2. The summed E-state index contributed by atoms with van der Waals surface area (Å²) >= 11 is 0. The average Bonchev–Trinajstić information content (AvgIpc) is 3.16. The van der Waals surface area contributed by atoms with Gasteiger partial charge in [0.2, 0.25) is 5.91 Å². The van der Waals surface area contributed by atoms with Crippen molar-refractivity contribution in [2.24, 2.45) is 0 Å². The number of fused-ring (bicyclic) bond motifs is 3. The normalized spacial score (nSPS) is 12.6. The fourth-order valence-corrected chi connectivity index (χ4v) is 4.07. The second-order valence-electron chi connectivity index (χ2n) is 7.81. The molecule has 4 rings (SSSR count). The van der Waals surface area contributed by atoms with Gasteiger partial charge in [-0.05, 0) is 40.5 Å². The highest BCUT2D eigenvalue weighted by Gasteiger charge is 2.29. The van der Waals surface area contributed by atoms with Gasteiger partial charge in [-0.15, -0.1) is 12.3 Å². The number of carboxylic acids is 1. The van der Waals surface area contributed by atoms with Gasteiger partial charge in [0.05, 0.1) is 5.56 Å². The van der Waals surface area contributed by atoms with E-state index in [0.29, 0.717) is 0 Å². The van der Waals surface area contributed by atoms with Crippen molar-refractivity contribution in [3.8, 4) is 23.5 Å². The number of hydrogen-bond donors (Lipinski definition) is 3. The van der Waals surface area contributed by atoms with Gasteiger partial charge in [0.1, 0.15) is 12.6 Å². The largest absolute Gasteiger partial charge is 0.478 e. The maximum absolute atomic E-state index is 12.7. The Balaban J connectivity index is 1.41. The first-order valence-electron chi connectivity index (χ1n) is 10.7. The van der Waals surface area contributed by atoms with Gasteiger partial charge in [-0.25, -0.2) is 9.59 Å². The van der Waals surface area contributed by atoms with Crippen molar-refractivity contribution in [2.75, 3.05) is 11.9 Å². The first kappa shape index (κ1) is 22.6. The van der Waals surface area contributed by atoms with E-state index in [0.717, 1.165) is 22.3 Å². The summed E-state index contributed by atoms with van der Waals surface area (Å²) in [5.41, 5.74) is 4.68. The van der Waals surface area contributed by atoms with Crippen LogP contribution in [0.2, 0.25) is 0 Å². The summed E-state index contributed by atoms with van der Waals surface area (Å²) in [6.07, 6.45) is 4.55. The van der Waals surface area contributed by atoms with Gasteiger partial charge in [0.25, 0.3) is 0 Å². The van der Waals surface area contributed by atoms with Crippen molar-refractivity contribution in [2.45, 2.75) is 18.4 Å². The highest BCUT2D eigenvalue weighted by atomic mass is 16.5. The fourth-order valence-electron chi connectivity index (χ4n) is 4.07. The van der Waals surface area contributed by atoms with Crippen molar-refractivity contribution in [3.05, 3.63) is 89.5 Å². The SMILES string of the molecule is C#CCC(NC(=O)OCC1c2ccccc2-c2ccccc21)C(=O)Nc1cccc(C(=O)O)c1. The Kier molecular flexibility index (Phi) is 6.60.